The maximum atomic E-state index is 12.9. The summed E-state index contributed by atoms with van der Waals surface area (Å²) in [5.74, 6) is -0.558. The lowest BCUT2D eigenvalue weighted by atomic mass is 10.1. The molecular weight excluding hydrogens is 314 g/mol. The van der Waals surface area contributed by atoms with E-state index < -0.39 is 0 Å². The highest BCUT2D eigenvalue weighted by molar-refractivity contribution is 5.96. The largest absolute Gasteiger partial charge is 0.369 e. The average molecular weight is 339 g/mol. The SMILES string of the molecule is Cc1cc(C(=O)N2CC[C@H](C(N)=O)C2)c(C)n1[C@H](C)c1ccccc1. The third-order valence-electron chi connectivity index (χ3n) is 5.26. The Morgan fingerprint density at radius 3 is 2.48 bits per heavy atom. The predicted octanol–water partition coefficient (Wildman–Crippen LogP) is 2.66. The second-order valence-electron chi connectivity index (χ2n) is 6.88. The number of hydrogen-bond acceptors (Lipinski definition) is 2. The highest BCUT2D eigenvalue weighted by atomic mass is 16.2. The number of hydrogen-bond donors (Lipinski definition) is 1. The van der Waals surface area contributed by atoms with E-state index in [1.807, 2.05) is 38.1 Å². The van der Waals surface area contributed by atoms with Gasteiger partial charge in [-0.2, -0.15) is 0 Å². The normalized spacial score (nSPS) is 18.4. The van der Waals surface area contributed by atoms with Gasteiger partial charge in [0, 0.05) is 24.5 Å². The van der Waals surface area contributed by atoms with Gasteiger partial charge in [-0.1, -0.05) is 30.3 Å². The topological polar surface area (TPSA) is 68.3 Å². The van der Waals surface area contributed by atoms with E-state index in [0.717, 1.165) is 11.4 Å². The van der Waals surface area contributed by atoms with E-state index in [4.69, 9.17) is 5.73 Å². The number of nitrogens with zero attached hydrogens (tertiary/aromatic N) is 2. The second kappa shape index (κ2) is 6.75. The fourth-order valence-electron chi connectivity index (χ4n) is 3.82. The standard InChI is InChI=1S/C20H25N3O2/c1-13-11-18(20(25)22-10-9-17(12-22)19(21)24)15(3)23(13)14(2)16-7-5-4-6-8-16/h4-8,11,14,17H,9-10,12H2,1-3H3,(H2,21,24)/t14-,17+/m1/s1. The zero-order valence-electron chi connectivity index (χ0n) is 15.0. The molecule has 132 valence electrons. The van der Waals surface area contributed by atoms with Gasteiger partial charge in [-0.15, -0.1) is 0 Å². The summed E-state index contributed by atoms with van der Waals surface area (Å²) in [4.78, 5) is 26.0. The Morgan fingerprint density at radius 2 is 1.88 bits per heavy atom. The van der Waals surface area contributed by atoms with Crippen molar-refractivity contribution in [2.24, 2.45) is 11.7 Å². The number of primary amides is 1. The van der Waals surface area contributed by atoms with Crippen LogP contribution in [0.15, 0.2) is 36.4 Å². The van der Waals surface area contributed by atoms with Gasteiger partial charge in [-0.05, 0) is 38.8 Å². The molecule has 3 rings (SSSR count). The van der Waals surface area contributed by atoms with Gasteiger partial charge in [0.2, 0.25) is 5.91 Å². The summed E-state index contributed by atoms with van der Waals surface area (Å²) >= 11 is 0. The minimum absolute atomic E-state index is 0.0108. The van der Waals surface area contributed by atoms with Crippen LogP contribution >= 0.6 is 0 Å². The molecule has 1 saturated heterocycles. The number of likely N-dealkylation sites (tertiary alicyclic amines) is 1. The van der Waals surface area contributed by atoms with Crippen LogP contribution in [-0.4, -0.2) is 34.4 Å². The first-order valence-electron chi connectivity index (χ1n) is 8.72. The number of aryl methyl sites for hydroxylation is 1. The Bertz CT molecular complexity index is 795. The Morgan fingerprint density at radius 1 is 1.20 bits per heavy atom. The summed E-state index contributed by atoms with van der Waals surface area (Å²) in [5, 5.41) is 0. The molecule has 1 aliphatic rings. The van der Waals surface area contributed by atoms with Crippen LogP contribution in [-0.2, 0) is 4.79 Å². The van der Waals surface area contributed by atoms with Gasteiger partial charge in [0.05, 0.1) is 17.5 Å². The average Bonchev–Trinajstić information content (AvgIpc) is 3.20. The van der Waals surface area contributed by atoms with Crippen molar-refractivity contribution in [1.82, 2.24) is 9.47 Å². The van der Waals surface area contributed by atoms with E-state index in [0.29, 0.717) is 25.1 Å². The Balaban J connectivity index is 1.87. The van der Waals surface area contributed by atoms with Crippen LogP contribution in [0.2, 0.25) is 0 Å². The zero-order chi connectivity index (χ0) is 18.1. The van der Waals surface area contributed by atoms with Gasteiger partial charge >= 0.3 is 0 Å². The maximum absolute atomic E-state index is 12.9. The van der Waals surface area contributed by atoms with E-state index >= 15 is 0 Å². The van der Waals surface area contributed by atoms with Crippen molar-refractivity contribution in [2.45, 2.75) is 33.2 Å². The second-order valence-corrected chi connectivity index (χ2v) is 6.88. The van der Waals surface area contributed by atoms with Crippen molar-refractivity contribution in [3.8, 4) is 0 Å². The highest BCUT2D eigenvalue weighted by Crippen LogP contribution is 2.27. The highest BCUT2D eigenvalue weighted by Gasteiger charge is 2.32. The fourth-order valence-corrected chi connectivity index (χ4v) is 3.82. The number of rotatable bonds is 4. The summed E-state index contributed by atoms with van der Waals surface area (Å²) in [5.41, 5.74) is 9.32. The van der Waals surface area contributed by atoms with Crippen molar-refractivity contribution >= 4 is 11.8 Å². The third-order valence-corrected chi connectivity index (χ3v) is 5.26. The van der Waals surface area contributed by atoms with E-state index in [9.17, 15) is 9.59 Å². The first kappa shape index (κ1) is 17.3. The smallest absolute Gasteiger partial charge is 0.255 e. The molecule has 25 heavy (non-hydrogen) atoms. The quantitative estimate of drug-likeness (QED) is 0.930. The zero-order valence-corrected chi connectivity index (χ0v) is 15.0. The van der Waals surface area contributed by atoms with Crippen LogP contribution in [0.3, 0.4) is 0 Å². The van der Waals surface area contributed by atoms with Crippen LogP contribution in [0.5, 0.6) is 0 Å². The molecule has 2 atom stereocenters. The lowest BCUT2D eigenvalue weighted by molar-refractivity contribution is -0.121. The molecule has 0 aliphatic carbocycles. The number of carbonyl (C=O) groups excluding carboxylic acids is 2. The molecule has 2 aromatic rings. The maximum Gasteiger partial charge on any atom is 0.255 e. The van der Waals surface area contributed by atoms with Crippen LogP contribution in [0, 0.1) is 19.8 Å². The number of carbonyl (C=O) groups is 2. The summed E-state index contributed by atoms with van der Waals surface area (Å²) < 4.78 is 2.20. The number of nitrogens with two attached hydrogens (primary N) is 1. The number of aromatic nitrogens is 1. The van der Waals surface area contributed by atoms with E-state index in [2.05, 4.69) is 23.6 Å². The van der Waals surface area contributed by atoms with Gasteiger partial charge in [0.25, 0.3) is 5.91 Å². The first-order valence-corrected chi connectivity index (χ1v) is 8.72. The van der Waals surface area contributed by atoms with Gasteiger partial charge in [0.15, 0.2) is 0 Å². The molecule has 1 aliphatic heterocycles. The van der Waals surface area contributed by atoms with Crippen molar-refractivity contribution in [3.63, 3.8) is 0 Å². The molecule has 1 aromatic heterocycles. The number of amides is 2. The molecule has 0 bridgehead atoms. The molecule has 0 saturated carbocycles. The van der Waals surface area contributed by atoms with Crippen LogP contribution in [0.1, 0.15) is 46.7 Å². The Hall–Kier alpha value is -2.56. The molecule has 1 aromatic carbocycles. The van der Waals surface area contributed by atoms with Crippen LogP contribution in [0.25, 0.3) is 0 Å². The molecule has 2 N–H and O–H groups in total. The van der Waals surface area contributed by atoms with E-state index in [1.165, 1.54) is 5.56 Å². The molecule has 0 radical (unpaired) electrons. The van der Waals surface area contributed by atoms with Crippen molar-refractivity contribution in [3.05, 3.63) is 58.9 Å². The van der Waals surface area contributed by atoms with Gasteiger partial charge in [0.1, 0.15) is 0 Å². The van der Waals surface area contributed by atoms with Crippen LogP contribution in [0.4, 0.5) is 0 Å². The monoisotopic (exact) mass is 339 g/mol. The minimum Gasteiger partial charge on any atom is -0.369 e. The molecule has 2 amide bonds. The minimum atomic E-state index is -0.321. The molecule has 5 heteroatoms. The summed E-state index contributed by atoms with van der Waals surface area (Å²) in [6.45, 7) is 7.17. The molecular formula is C20H25N3O2. The lowest BCUT2D eigenvalue weighted by Crippen LogP contribution is -2.32. The van der Waals surface area contributed by atoms with E-state index in [-0.39, 0.29) is 23.8 Å². The Labute approximate surface area is 148 Å². The first-order chi connectivity index (χ1) is 11.9. The van der Waals surface area contributed by atoms with Crippen molar-refractivity contribution < 1.29 is 9.59 Å². The van der Waals surface area contributed by atoms with E-state index in [1.54, 1.807) is 4.90 Å². The fraction of sp³-hybridized carbons (Fsp3) is 0.400. The predicted molar refractivity (Wildman–Crippen MR) is 97.4 cm³/mol. The van der Waals surface area contributed by atoms with Gasteiger partial charge in [-0.25, -0.2) is 0 Å². The molecule has 2 heterocycles. The van der Waals surface area contributed by atoms with Gasteiger partial charge in [-0.3, -0.25) is 9.59 Å². The van der Waals surface area contributed by atoms with Gasteiger partial charge < -0.3 is 15.2 Å². The lowest BCUT2D eigenvalue weighted by Gasteiger charge is -2.20. The molecule has 0 spiro atoms. The molecule has 5 nitrogen and oxygen atoms in total. The Kier molecular flexibility index (Phi) is 4.66. The van der Waals surface area contributed by atoms with Crippen LogP contribution < -0.4 is 5.73 Å². The summed E-state index contributed by atoms with van der Waals surface area (Å²) in [6, 6.07) is 12.4. The van der Waals surface area contributed by atoms with Crippen molar-refractivity contribution in [1.29, 1.82) is 0 Å². The molecule has 1 fully saturated rings. The number of benzene rings is 1. The summed E-state index contributed by atoms with van der Waals surface area (Å²) in [6.07, 6.45) is 0.653. The van der Waals surface area contributed by atoms with Crippen molar-refractivity contribution in [2.75, 3.05) is 13.1 Å². The molecule has 0 unspecified atom stereocenters. The summed E-state index contributed by atoms with van der Waals surface area (Å²) in [7, 11) is 0. The third kappa shape index (κ3) is 3.18.